The van der Waals surface area contributed by atoms with Gasteiger partial charge in [0.1, 0.15) is 17.5 Å². The molecule has 2 amide bonds. The SMILES string of the molecule is CCN(C(=O)c1cccc(F)c1Cl)[C@@H]1CCc2ccc(C(=O)N(C)C3CCN(c4cc(C)nc(C)n4)CC3)cc21. The highest BCUT2D eigenvalue weighted by Crippen LogP contribution is 2.38. The lowest BCUT2D eigenvalue weighted by Gasteiger charge is -2.37. The van der Waals surface area contributed by atoms with Crippen LogP contribution in [0.2, 0.25) is 5.02 Å². The van der Waals surface area contributed by atoms with E-state index in [0.29, 0.717) is 12.1 Å². The van der Waals surface area contributed by atoms with Crippen molar-refractivity contribution < 1.29 is 14.0 Å². The van der Waals surface area contributed by atoms with Crippen molar-refractivity contribution in [2.24, 2.45) is 0 Å². The van der Waals surface area contributed by atoms with Crippen LogP contribution in [0.5, 0.6) is 0 Å². The zero-order chi connectivity index (χ0) is 28.6. The first-order valence-corrected chi connectivity index (χ1v) is 14.3. The van der Waals surface area contributed by atoms with Gasteiger partial charge in [0, 0.05) is 50.0 Å². The lowest BCUT2D eigenvalue weighted by molar-refractivity contribution is 0.0687. The van der Waals surface area contributed by atoms with Crippen LogP contribution in [0.1, 0.15) is 75.6 Å². The summed E-state index contributed by atoms with van der Waals surface area (Å²) in [4.78, 5) is 41.9. The predicted molar refractivity (Wildman–Crippen MR) is 154 cm³/mol. The average molecular weight is 564 g/mol. The number of amides is 2. The second-order valence-electron chi connectivity index (χ2n) is 10.7. The van der Waals surface area contributed by atoms with E-state index in [0.717, 1.165) is 67.2 Å². The molecule has 1 aliphatic carbocycles. The van der Waals surface area contributed by atoms with Crippen molar-refractivity contribution in [2.75, 3.05) is 31.6 Å². The molecule has 1 fully saturated rings. The third-order valence-corrected chi connectivity index (χ3v) is 8.59. The molecule has 0 spiro atoms. The van der Waals surface area contributed by atoms with Gasteiger partial charge in [-0.2, -0.15) is 0 Å². The maximum absolute atomic E-state index is 14.1. The first-order valence-electron chi connectivity index (χ1n) is 13.9. The highest BCUT2D eigenvalue weighted by molar-refractivity contribution is 6.34. The quantitative estimate of drug-likeness (QED) is 0.380. The smallest absolute Gasteiger partial charge is 0.255 e. The van der Waals surface area contributed by atoms with E-state index in [1.54, 1.807) is 11.0 Å². The van der Waals surface area contributed by atoms with Crippen LogP contribution >= 0.6 is 11.6 Å². The molecule has 1 aromatic heterocycles. The number of hydrogen-bond acceptors (Lipinski definition) is 5. The molecule has 0 unspecified atom stereocenters. The van der Waals surface area contributed by atoms with Gasteiger partial charge in [0.05, 0.1) is 16.6 Å². The Kier molecular flexibility index (Phi) is 8.08. The molecule has 0 radical (unpaired) electrons. The zero-order valence-corrected chi connectivity index (χ0v) is 24.2. The molecule has 9 heteroatoms. The van der Waals surface area contributed by atoms with Crippen molar-refractivity contribution in [1.82, 2.24) is 19.8 Å². The molecule has 1 atom stereocenters. The molecule has 40 heavy (non-hydrogen) atoms. The van der Waals surface area contributed by atoms with Crippen molar-refractivity contribution in [3.8, 4) is 0 Å². The molecule has 1 saturated heterocycles. The van der Waals surface area contributed by atoms with Crippen LogP contribution in [0.3, 0.4) is 0 Å². The predicted octanol–water partition coefficient (Wildman–Crippen LogP) is 5.78. The Morgan fingerprint density at radius 3 is 2.50 bits per heavy atom. The van der Waals surface area contributed by atoms with E-state index in [4.69, 9.17) is 11.6 Å². The summed E-state index contributed by atoms with van der Waals surface area (Å²) in [7, 11) is 1.88. The fourth-order valence-electron chi connectivity index (χ4n) is 6.08. The van der Waals surface area contributed by atoms with Gasteiger partial charge in [-0.05, 0) is 81.8 Å². The number of carbonyl (C=O) groups excluding carboxylic acids is 2. The van der Waals surface area contributed by atoms with Crippen LogP contribution in [0.4, 0.5) is 10.2 Å². The Morgan fingerprint density at radius 2 is 1.80 bits per heavy atom. The average Bonchev–Trinajstić information content (AvgIpc) is 3.36. The minimum Gasteiger partial charge on any atom is -0.356 e. The van der Waals surface area contributed by atoms with Gasteiger partial charge in [-0.25, -0.2) is 14.4 Å². The molecule has 0 saturated carbocycles. The summed E-state index contributed by atoms with van der Waals surface area (Å²) in [6.07, 6.45) is 3.26. The van der Waals surface area contributed by atoms with Gasteiger partial charge in [0.25, 0.3) is 11.8 Å². The number of benzene rings is 2. The van der Waals surface area contributed by atoms with Gasteiger partial charge < -0.3 is 14.7 Å². The molecular formula is C31H35ClFN5O2. The molecular weight excluding hydrogens is 529 g/mol. The number of piperidine rings is 1. The Labute approximate surface area is 240 Å². The number of aromatic nitrogens is 2. The third-order valence-electron chi connectivity index (χ3n) is 8.21. The second-order valence-corrected chi connectivity index (χ2v) is 11.1. The van der Waals surface area contributed by atoms with E-state index in [-0.39, 0.29) is 34.5 Å². The lowest BCUT2D eigenvalue weighted by atomic mass is 9.99. The maximum Gasteiger partial charge on any atom is 0.255 e. The van der Waals surface area contributed by atoms with Gasteiger partial charge in [-0.15, -0.1) is 0 Å². The third kappa shape index (κ3) is 5.42. The molecule has 7 nitrogen and oxygen atoms in total. The van der Waals surface area contributed by atoms with E-state index in [1.165, 1.54) is 12.1 Å². The minimum absolute atomic E-state index is 0.0248. The highest BCUT2D eigenvalue weighted by Gasteiger charge is 2.33. The number of hydrogen-bond donors (Lipinski definition) is 0. The molecule has 5 rings (SSSR count). The number of fused-ring (bicyclic) bond motifs is 1. The van der Waals surface area contributed by atoms with Gasteiger partial charge in [0.15, 0.2) is 0 Å². The lowest BCUT2D eigenvalue weighted by Crippen LogP contribution is -2.46. The number of aryl methyl sites for hydroxylation is 3. The first kappa shape index (κ1) is 28.0. The minimum atomic E-state index is -0.612. The maximum atomic E-state index is 14.1. The molecule has 0 bridgehead atoms. The molecule has 0 N–H and O–H groups in total. The summed E-state index contributed by atoms with van der Waals surface area (Å²) in [5.74, 6) is 0.764. The Bertz CT molecular complexity index is 1420. The number of rotatable bonds is 6. The van der Waals surface area contributed by atoms with E-state index in [9.17, 15) is 14.0 Å². The topological polar surface area (TPSA) is 69.6 Å². The van der Waals surface area contributed by atoms with Crippen LogP contribution in [-0.4, -0.2) is 64.3 Å². The van der Waals surface area contributed by atoms with Crippen LogP contribution in [0.15, 0.2) is 42.5 Å². The summed E-state index contributed by atoms with van der Waals surface area (Å²) in [5.41, 5.74) is 3.83. The van der Waals surface area contributed by atoms with Gasteiger partial charge >= 0.3 is 0 Å². The fourth-order valence-corrected chi connectivity index (χ4v) is 6.28. The van der Waals surface area contributed by atoms with Gasteiger partial charge in [-0.1, -0.05) is 23.7 Å². The van der Waals surface area contributed by atoms with Crippen LogP contribution < -0.4 is 4.90 Å². The molecule has 3 aromatic rings. The monoisotopic (exact) mass is 563 g/mol. The highest BCUT2D eigenvalue weighted by atomic mass is 35.5. The Morgan fingerprint density at radius 1 is 1.05 bits per heavy atom. The molecule has 2 heterocycles. The number of carbonyl (C=O) groups is 2. The van der Waals surface area contributed by atoms with Crippen molar-refractivity contribution in [2.45, 2.75) is 58.5 Å². The first-order chi connectivity index (χ1) is 19.2. The second kappa shape index (κ2) is 11.5. The van der Waals surface area contributed by atoms with Crippen molar-refractivity contribution >= 4 is 29.2 Å². The summed E-state index contributed by atoms with van der Waals surface area (Å²) < 4.78 is 14.1. The Balaban J connectivity index is 1.30. The molecule has 1 aliphatic heterocycles. The van der Waals surface area contributed by atoms with Crippen LogP contribution in [0, 0.1) is 19.7 Å². The summed E-state index contributed by atoms with van der Waals surface area (Å²) in [6.45, 7) is 7.87. The fraction of sp³-hybridized carbons (Fsp3) is 0.419. The van der Waals surface area contributed by atoms with Gasteiger partial charge in [-0.3, -0.25) is 9.59 Å². The summed E-state index contributed by atoms with van der Waals surface area (Å²) in [6, 6.07) is 12.1. The Hall–Kier alpha value is -3.52. The number of nitrogens with zero attached hydrogens (tertiary/aromatic N) is 5. The standard InChI is InChI=1S/C31H35ClFN5O2/c1-5-38(31(40)24-7-6-8-26(33)29(24)32)27-12-11-21-9-10-22(18-25(21)27)30(39)36(4)23-13-15-37(16-14-23)28-17-19(2)34-20(3)35-28/h6-10,17-18,23,27H,5,11-16H2,1-4H3/t27-/m1/s1. The largest absolute Gasteiger partial charge is 0.356 e. The number of halogens is 2. The molecule has 210 valence electrons. The van der Waals surface area contributed by atoms with E-state index < -0.39 is 5.82 Å². The van der Waals surface area contributed by atoms with E-state index in [2.05, 4.69) is 14.9 Å². The van der Waals surface area contributed by atoms with Gasteiger partial charge in [0.2, 0.25) is 0 Å². The molecule has 2 aliphatic rings. The summed E-state index contributed by atoms with van der Waals surface area (Å²) >= 11 is 6.15. The summed E-state index contributed by atoms with van der Waals surface area (Å²) in [5, 5.41) is -0.161. The normalized spacial score (nSPS) is 17.1. The van der Waals surface area contributed by atoms with Crippen LogP contribution in [0.25, 0.3) is 0 Å². The van der Waals surface area contributed by atoms with Crippen LogP contribution in [-0.2, 0) is 6.42 Å². The van der Waals surface area contributed by atoms with Crippen molar-refractivity contribution in [3.05, 3.63) is 87.1 Å². The zero-order valence-electron chi connectivity index (χ0n) is 23.5. The number of anilines is 1. The van der Waals surface area contributed by atoms with Crippen molar-refractivity contribution in [1.29, 1.82) is 0 Å². The molecule has 2 aromatic carbocycles. The van der Waals surface area contributed by atoms with Crippen molar-refractivity contribution in [3.63, 3.8) is 0 Å². The van der Waals surface area contributed by atoms with E-state index >= 15 is 0 Å². The van der Waals surface area contributed by atoms with E-state index in [1.807, 2.05) is 57.0 Å².